The molecule has 0 aliphatic rings. The highest BCUT2D eigenvalue weighted by Gasteiger charge is 2.03. The Kier molecular flexibility index (Phi) is 1.93. The second-order valence-electron chi connectivity index (χ2n) is 1.54. The van der Waals surface area contributed by atoms with Gasteiger partial charge in [0.05, 0.1) is 0 Å². The van der Waals surface area contributed by atoms with Gasteiger partial charge in [-0.3, -0.25) is 0 Å². The maximum absolute atomic E-state index is 10.3. The van der Waals surface area contributed by atoms with Crippen LogP contribution in [-0.2, 0) is 10.3 Å². The van der Waals surface area contributed by atoms with Crippen molar-refractivity contribution in [3.8, 4) is 5.75 Å². The van der Waals surface area contributed by atoms with Crippen LogP contribution in [0.2, 0.25) is 0 Å². The molecule has 0 radical (unpaired) electrons. The van der Waals surface area contributed by atoms with Crippen LogP contribution in [0.1, 0.15) is 0 Å². The summed E-state index contributed by atoms with van der Waals surface area (Å²) in [4.78, 5) is 0. The van der Waals surface area contributed by atoms with E-state index in [0.29, 0.717) is 0 Å². The Morgan fingerprint density at radius 1 is 1.60 bits per heavy atom. The molecule has 0 unspecified atom stereocenters. The van der Waals surface area contributed by atoms with E-state index >= 15 is 0 Å². The lowest BCUT2D eigenvalue weighted by Gasteiger charge is -1.95. The van der Waals surface area contributed by atoms with Gasteiger partial charge in [-0.1, -0.05) is 0 Å². The molecule has 1 heterocycles. The zero-order valence-electron chi connectivity index (χ0n) is 4.85. The van der Waals surface area contributed by atoms with Gasteiger partial charge in [-0.2, -0.15) is 13.6 Å². The average Bonchev–Trinajstić information content (AvgIpc) is 2.12. The normalized spacial score (nSPS) is 11.3. The number of hydrogen-bond acceptors (Lipinski definition) is 4. The molecule has 0 aliphatic heterocycles. The van der Waals surface area contributed by atoms with Crippen LogP contribution in [0.15, 0.2) is 16.8 Å². The summed E-state index contributed by atoms with van der Waals surface area (Å²) in [5, 5.41) is 7.82. The smallest absolute Gasteiger partial charge is 0.370 e. The summed E-state index contributed by atoms with van der Waals surface area (Å²) in [6.45, 7) is 0. The third-order valence-corrected chi connectivity index (χ3v) is 1.79. The molecule has 0 aliphatic carbocycles. The molecular weight excluding hydrogens is 174 g/mol. The van der Waals surface area contributed by atoms with Gasteiger partial charge in [0.25, 0.3) is 0 Å². The second kappa shape index (κ2) is 2.57. The van der Waals surface area contributed by atoms with Crippen molar-refractivity contribution in [2.45, 2.75) is 0 Å². The van der Waals surface area contributed by atoms with Crippen LogP contribution in [0.4, 0.5) is 0 Å². The van der Waals surface area contributed by atoms with Crippen molar-refractivity contribution in [2.24, 2.45) is 5.14 Å². The summed E-state index contributed by atoms with van der Waals surface area (Å²) in [7, 11) is -3.84. The number of hydrogen-bond donors (Lipinski definition) is 1. The van der Waals surface area contributed by atoms with Crippen LogP contribution in [0, 0.1) is 0 Å². The molecule has 0 fully saturated rings. The first-order valence-corrected chi connectivity index (χ1v) is 4.74. The fourth-order valence-electron chi connectivity index (χ4n) is 0.434. The van der Waals surface area contributed by atoms with Crippen LogP contribution in [0.5, 0.6) is 5.75 Å². The maximum Gasteiger partial charge on any atom is 0.380 e. The van der Waals surface area contributed by atoms with Crippen molar-refractivity contribution in [1.82, 2.24) is 0 Å². The fourth-order valence-corrected chi connectivity index (χ4v) is 1.42. The topological polar surface area (TPSA) is 69.4 Å². The second-order valence-corrected chi connectivity index (χ2v) is 3.47. The van der Waals surface area contributed by atoms with E-state index in [1.54, 1.807) is 10.8 Å². The summed E-state index contributed by atoms with van der Waals surface area (Å²) < 4.78 is 24.8. The zero-order chi connectivity index (χ0) is 7.61. The van der Waals surface area contributed by atoms with E-state index in [4.69, 9.17) is 0 Å². The lowest BCUT2D eigenvalue weighted by atomic mass is 10.6. The minimum Gasteiger partial charge on any atom is -0.370 e. The SMILES string of the molecule is NS(=O)(=O)Oc1ccsc1. The van der Waals surface area contributed by atoms with E-state index in [9.17, 15) is 8.42 Å². The monoisotopic (exact) mass is 179 g/mol. The largest absolute Gasteiger partial charge is 0.380 e. The molecule has 6 heteroatoms. The van der Waals surface area contributed by atoms with E-state index in [1.807, 2.05) is 0 Å². The Morgan fingerprint density at radius 2 is 2.30 bits per heavy atom. The van der Waals surface area contributed by atoms with Gasteiger partial charge in [0, 0.05) is 5.38 Å². The molecule has 56 valence electrons. The molecule has 0 saturated heterocycles. The summed E-state index contributed by atoms with van der Waals surface area (Å²) in [6.07, 6.45) is 0. The van der Waals surface area contributed by atoms with Crippen LogP contribution < -0.4 is 9.32 Å². The van der Waals surface area contributed by atoms with E-state index in [0.717, 1.165) is 0 Å². The molecule has 0 amide bonds. The Labute approximate surface area is 62.5 Å². The van der Waals surface area contributed by atoms with Gasteiger partial charge in [0.15, 0.2) is 5.75 Å². The minimum atomic E-state index is -3.84. The molecule has 2 N–H and O–H groups in total. The number of nitrogens with two attached hydrogens (primary N) is 1. The van der Waals surface area contributed by atoms with E-state index in [1.165, 1.54) is 17.4 Å². The highest BCUT2D eigenvalue weighted by molar-refractivity contribution is 7.84. The summed E-state index contributed by atoms with van der Waals surface area (Å²) in [6, 6.07) is 1.52. The molecule has 1 aromatic heterocycles. The van der Waals surface area contributed by atoms with E-state index in [2.05, 4.69) is 9.32 Å². The summed E-state index contributed by atoms with van der Waals surface area (Å²) >= 11 is 1.34. The number of thiophene rings is 1. The summed E-state index contributed by atoms with van der Waals surface area (Å²) in [5.74, 6) is 0.257. The highest BCUT2D eigenvalue weighted by Crippen LogP contribution is 2.15. The van der Waals surface area contributed by atoms with Crippen molar-refractivity contribution in [2.75, 3.05) is 0 Å². The van der Waals surface area contributed by atoms with E-state index in [-0.39, 0.29) is 5.75 Å². The van der Waals surface area contributed by atoms with Crippen LogP contribution in [-0.4, -0.2) is 8.42 Å². The van der Waals surface area contributed by atoms with Gasteiger partial charge < -0.3 is 4.18 Å². The maximum atomic E-state index is 10.3. The first-order valence-electron chi connectivity index (χ1n) is 2.32. The van der Waals surface area contributed by atoms with Crippen molar-refractivity contribution in [1.29, 1.82) is 0 Å². The van der Waals surface area contributed by atoms with Crippen LogP contribution in [0.25, 0.3) is 0 Å². The van der Waals surface area contributed by atoms with Crippen LogP contribution in [0.3, 0.4) is 0 Å². The molecular formula is C4H5NO3S2. The zero-order valence-corrected chi connectivity index (χ0v) is 6.48. The Balaban J connectivity index is 2.75. The van der Waals surface area contributed by atoms with Gasteiger partial charge in [-0.25, -0.2) is 0 Å². The molecule has 1 rings (SSSR count). The van der Waals surface area contributed by atoms with Gasteiger partial charge in [0.2, 0.25) is 0 Å². The summed E-state index contributed by atoms with van der Waals surface area (Å²) in [5.41, 5.74) is 0. The lowest BCUT2D eigenvalue weighted by molar-refractivity contribution is 0.489. The van der Waals surface area contributed by atoms with Crippen molar-refractivity contribution >= 4 is 21.6 Å². The highest BCUT2D eigenvalue weighted by atomic mass is 32.2. The van der Waals surface area contributed by atoms with Crippen molar-refractivity contribution in [3.63, 3.8) is 0 Å². The third kappa shape index (κ3) is 2.34. The third-order valence-electron chi connectivity index (χ3n) is 0.707. The first-order chi connectivity index (χ1) is 4.58. The van der Waals surface area contributed by atoms with Crippen molar-refractivity contribution < 1.29 is 12.6 Å². The molecule has 1 aromatic rings. The molecule has 0 bridgehead atoms. The standard InChI is InChI=1S/C4H5NO3S2/c5-10(6,7)8-4-1-2-9-3-4/h1-3H,(H2,5,6,7). The van der Waals surface area contributed by atoms with E-state index < -0.39 is 10.3 Å². The molecule has 0 spiro atoms. The molecule has 4 nitrogen and oxygen atoms in total. The van der Waals surface area contributed by atoms with Crippen molar-refractivity contribution in [3.05, 3.63) is 16.8 Å². The van der Waals surface area contributed by atoms with Gasteiger partial charge in [0.1, 0.15) is 0 Å². The molecule has 0 saturated carbocycles. The molecule has 0 aromatic carbocycles. The van der Waals surface area contributed by atoms with Gasteiger partial charge in [-0.15, -0.1) is 11.3 Å². The Hall–Kier alpha value is -0.590. The van der Waals surface area contributed by atoms with Gasteiger partial charge in [-0.05, 0) is 11.4 Å². The molecule has 0 atom stereocenters. The first kappa shape index (κ1) is 7.52. The Morgan fingerprint density at radius 3 is 2.70 bits per heavy atom. The molecule has 10 heavy (non-hydrogen) atoms. The quantitative estimate of drug-likeness (QED) is 0.711. The average molecular weight is 179 g/mol. The predicted molar refractivity (Wildman–Crippen MR) is 38.1 cm³/mol. The fraction of sp³-hybridized carbons (Fsp3) is 0. The number of rotatable bonds is 2. The predicted octanol–water partition coefficient (Wildman–Crippen LogP) is 0.330. The Bertz CT molecular complexity index is 288. The van der Waals surface area contributed by atoms with Crippen LogP contribution >= 0.6 is 11.3 Å². The van der Waals surface area contributed by atoms with Gasteiger partial charge >= 0.3 is 10.3 Å². The minimum absolute atomic E-state index is 0.257. The lowest BCUT2D eigenvalue weighted by Crippen LogP contribution is -2.18.